The number of H-pyrrole nitrogens is 2. The SMILES string of the molecule is CC(=O)N1CCN(c2ccc(Nc3nc4nc[nH]c4c(N4CCC(CN)CC4)[nH+]3)cc2)CC1. The lowest BCUT2D eigenvalue weighted by Gasteiger charge is -2.35. The minimum atomic E-state index is 0.148. The molecule has 10 nitrogen and oxygen atoms in total. The number of piperidine rings is 1. The summed E-state index contributed by atoms with van der Waals surface area (Å²) in [4.78, 5) is 33.9. The Hall–Kier alpha value is -3.40. The summed E-state index contributed by atoms with van der Waals surface area (Å²) >= 11 is 0. The zero-order valence-corrected chi connectivity index (χ0v) is 19.0. The first-order valence-corrected chi connectivity index (χ1v) is 11.7. The van der Waals surface area contributed by atoms with Crippen LogP contribution in [0.2, 0.25) is 0 Å². The van der Waals surface area contributed by atoms with Crippen molar-refractivity contribution in [3.8, 4) is 0 Å². The van der Waals surface area contributed by atoms with Crippen molar-refractivity contribution in [2.24, 2.45) is 11.7 Å². The van der Waals surface area contributed by atoms with E-state index in [1.807, 2.05) is 4.90 Å². The highest BCUT2D eigenvalue weighted by molar-refractivity contribution is 5.82. The minimum Gasteiger partial charge on any atom is -0.368 e. The molecule has 4 heterocycles. The molecule has 0 atom stereocenters. The number of nitrogens with one attached hydrogen (secondary N) is 3. The van der Waals surface area contributed by atoms with Gasteiger partial charge in [-0.1, -0.05) is 4.98 Å². The topological polar surface area (TPSA) is 121 Å². The number of aromatic amines is 2. The second kappa shape index (κ2) is 9.22. The van der Waals surface area contributed by atoms with Gasteiger partial charge in [0.05, 0.1) is 25.1 Å². The summed E-state index contributed by atoms with van der Waals surface area (Å²) in [6, 6.07) is 8.33. The van der Waals surface area contributed by atoms with Gasteiger partial charge in [0.15, 0.2) is 5.52 Å². The van der Waals surface area contributed by atoms with Crippen LogP contribution >= 0.6 is 0 Å². The van der Waals surface area contributed by atoms with Crippen LogP contribution in [0.4, 0.5) is 23.1 Å². The largest absolute Gasteiger partial charge is 0.368 e. The van der Waals surface area contributed by atoms with Gasteiger partial charge in [-0.15, -0.1) is 0 Å². The molecule has 3 aromatic rings. The quantitative estimate of drug-likeness (QED) is 0.537. The Kier molecular flexibility index (Phi) is 5.99. The van der Waals surface area contributed by atoms with Gasteiger partial charge in [0.25, 0.3) is 0 Å². The van der Waals surface area contributed by atoms with Crippen molar-refractivity contribution >= 4 is 40.2 Å². The van der Waals surface area contributed by atoms with Gasteiger partial charge in [-0.05, 0) is 49.6 Å². The smallest absolute Gasteiger partial charge is 0.351 e. The highest BCUT2D eigenvalue weighted by Crippen LogP contribution is 2.26. The predicted molar refractivity (Wildman–Crippen MR) is 129 cm³/mol. The number of amides is 1. The first kappa shape index (κ1) is 21.4. The molecule has 1 amide bonds. The summed E-state index contributed by atoms with van der Waals surface area (Å²) in [7, 11) is 0. The van der Waals surface area contributed by atoms with Crippen molar-refractivity contribution in [3.05, 3.63) is 30.6 Å². The number of carbonyl (C=O) groups is 1. The van der Waals surface area contributed by atoms with E-state index in [9.17, 15) is 4.79 Å². The molecule has 174 valence electrons. The number of carbonyl (C=O) groups excluding carboxylic acids is 1. The fraction of sp³-hybridized carbons (Fsp3) is 0.478. The maximum absolute atomic E-state index is 11.6. The van der Waals surface area contributed by atoms with E-state index in [4.69, 9.17) is 5.73 Å². The monoisotopic (exact) mass is 450 g/mol. The number of hydrogen-bond acceptors (Lipinski definition) is 7. The Labute approximate surface area is 193 Å². The van der Waals surface area contributed by atoms with Gasteiger partial charge in [-0.2, -0.15) is 0 Å². The Morgan fingerprint density at radius 1 is 1.12 bits per heavy atom. The highest BCUT2D eigenvalue weighted by Gasteiger charge is 2.26. The lowest BCUT2D eigenvalue weighted by atomic mass is 9.97. The Bertz CT molecular complexity index is 1100. The van der Waals surface area contributed by atoms with Crippen LogP contribution in [0.3, 0.4) is 0 Å². The average molecular weight is 451 g/mol. The van der Waals surface area contributed by atoms with Crippen LogP contribution in [0.15, 0.2) is 30.6 Å². The average Bonchev–Trinajstić information content (AvgIpc) is 3.33. The molecule has 10 heteroatoms. The van der Waals surface area contributed by atoms with Crippen LogP contribution in [0.25, 0.3) is 11.2 Å². The molecule has 2 aliphatic heterocycles. The maximum Gasteiger partial charge on any atom is 0.351 e. The summed E-state index contributed by atoms with van der Waals surface area (Å²) in [5.41, 5.74) is 9.59. The van der Waals surface area contributed by atoms with Crippen LogP contribution in [-0.4, -0.2) is 71.6 Å². The van der Waals surface area contributed by atoms with E-state index in [1.54, 1.807) is 13.3 Å². The van der Waals surface area contributed by atoms with E-state index >= 15 is 0 Å². The van der Waals surface area contributed by atoms with E-state index < -0.39 is 0 Å². The number of piperazine rings is 1. The van der Waals surface area contributed by atoms with Crippen molar-refractivity contribution in [1.29, 1.82) is 0 Å². The number of aromatic nitrogens is 4. The van der Waals surface area contributed by atoms with Gasteiger partial charge in [0, 0.05) is 38.8 Å². The summed E-state index contributed by atoms with van der Waals surface area (Å²) < 4.78 is 0. The Morgan fingerprint density at radius 3 is 2.52 bits per heavy atom. The normalized spacial score (nSPS) is 17.6. The molecule has 5 rings (SSSR count). The molecule has 0 unspecified atom stereocenters. The molecular formula is C23H32N9O+. The summed E-state index contributed by atoms with van der Waals surface area (Å²) in [5.74, 6) is 2.42. The van der Waals surface area contributed by atoms with Gasteiger partial charge in [-0.3, -0.25) is 10.1 Å². The van der Waals surface area contributed by atoms with Crippen molar-refractivity contribution in [3.63, 3.8) is 0 Å². The summed E-state index contributed by atoms with van der Waals surface area (Å²) in [6.07, 6.45) is 3.87. The third kappa shape index (κ3) is 4.56. The fourth-order valence-electron chi connectivity index (χ4n) is 4.72. The van der Waals surface area contributed by atoms with Crippen LogP contribution in [0.5, 0.6) is 0 Å². The standard InChI is InChI=1S/C23H31N9O/c1-16(33)30-10-12-31(13-11-30)19-4-2-18(3-5-19)27-23-28-21-20(25-15-26-21)22(29-23)32-8-6-17(14-24)7-9-32/h2-5,15,17H,6-14,24H2,1H3,(H2,25,26,27,28,29)/p+1. The van der Waals surface area contributed by atoms with E-state index in [0.717, 1.165) is 81.4 Å². The van der Waals surface area contributed by atoms with Gasteiger partial charge >= 0.3 is 5.95 Å². The first-order chi connectivity index (χ1) is 16.1. The molecule has 0 bridgehead atoms. The number of rotatable bonds is 5. The third-order valence-electron chi connectivity index (χ3n) is 6.79. The van der Waals surface area contributed by atoms with Gasteiger partial charge in [0.2, 0.25) is 17.4 Å². The fourth-order valence-corrected chi connectivity index (χ4v) is 4.72. The molecule has 0 saturated carbocycles. The molecule has 2 saturated heterocycles. The second-order valence-electron chi connectivity index (χ2n) is 8.87. The zero-order valence-electron chi connectivity index (χ0n) is 19.0. The lowest BCUT2D eigenvalue weighted by Crippen LogP contribution is -2.48. The van der Waals surface area contributed by atoms with Gasteiger partial charge in [-0.25, -0.2) is 9.97 Å². The summed E-state index contributed by atoms with van der Waals surface area (Å²) in [5, 5.41) is 3.40. The molecular weight excluding hydrogens is 418 g/mol. The highest BCUT2D eigenvalue weighted by atomic mass is 16.2. The van der Waals surface area contributed by atoms with Gasteiger partial charge < -0.3 is 25.4 Å². The third-order valence-corrected chi connectivity index (χ3v) is 6.79. The molecule has 2 aromatic heterocycles. The van der Waals surface area contributed by atoms with Crippen molar-refractivity contribution < 1.29 is 9.78 Å². The van der Waals surface area contributed by atoms with E-state index in [-0.39, 0.29) is 5.91 Å². The van der Waals surface area contributed by atoms with Crippen molar-refractivity contribution in [2.75, 3.05) is 60.9 Å². The van der Waals surface area contributed by atoms with Crippen LogP contribution in [-0.2, 0) is 4.79 Å². The molecule has 0 radical (unpaired) electrons. The predicted octanol–water partition coefficient (Wildman–Crippen LogP) is 1.36. The van der Waals surface area contributed by atoms with Crippen LogP contribution < -0.4 is 25.8 Å². The maximum atomic E-state index is 11.6. The molecule has 2 fully saturated rings. The molecule has 5 N–H and O–H groups in total. The number of benzene rings is 1. The molecule has 0 aliphatic carbocycles. The summed E-state index contributed by atoms with van der Waals surface area (Å²) in [6.45, 7) is 7.54. The van der Waals surface area contributed by atoms with E-state index in [0.29, 0.717) is 17.5 Å². The van der Waals surface area contributed by atoms with Gasteiger partial charge in [0.1, 0.15) is 0 Å². The Balaban J connectivity index is 1.30. The molecule has 33 heavy (non-hydrogen) atoms. The molecule has 1 aromatic carbocycles. The lowest BCUT2D eigenvalue weighted by molar-refractivity contribution is -0.349. The Morgan fingerprint density at radius 2 is 1.85 bits per heavy atom. The van der Waals surface area contributed by atoms with Crippen LogP contribution in [0, 0.1) is 5.92 Å². The minimum absolute atomic E-state index is 0.148. The first-order valence-electron chi connectivity index (χ1n) is 11.7. The number of anilines is 4. The van der Waals surface area contributed by atoms with Crippen molar-refractivity contribution in [2.45, 2.75) is 19.8 Å². The van der Waals surface area contributed by atoms with E-state index in [1.165, 1.54) is 0 Å². The number of fused-ring (bicyclic) bond motifs is 1. The van der Waals surface area contributed by atoms with Crippen molar-refractivity contribution in [1.82, 2.24) is 19.9 Å². The molecule has 0 spiro atoms. The number of nitrogens with zero attached hydrogens (tertiary/aromatic N) is 5. The second-order valence-corrected chi connectivity index (χ2v) is 8.87. The zero-order chi connectivity index (χ0) is 22.8. The molecule has 2 aliphatic rings. The number of imidazole rings is 1. The van der Waals surface area contributed by atoms with E-state index in [2.05, 4.69) is 59.3 Å². The van der Waals surface area contributed by atoms with Crippen LogP contribution in [0.1, 0.15) is 19.8 Å². The number of nitrogens with two attached hydrogens (primary N) is 1. The number of hydrogen-bond donors (Lipinski definition) is 3.